The first-order chi connectivity index (χ1) is 14.4. The molecule has 3 aromatic rings. The molecule has 0 N–H and O–H groups in total. The third-order valence-electron chi connectivity index (χ3n) is 4.65. The van der Waals surface area contributed by atoms with E-state index >= 15 is 0 Å². The van der Waals surface area contributed by atoms with E-state index in [4.69, 9.17) is 0 Å². The molecule has 148 valence electrons. The maximum atomic E-state index is 13.4. The number of para-hydroxylation sites is 1. The van der Waals surface area contributed by atoms with Crippen LogP contribution in [0.1, 0.15) is 16.7 Å². The van der Waals surface area contributed by atoms with E-state index in [0.29, 0.717) is 17.1 Å². The number of rotatable bonds is 4. The largest absolute Gasteiger partial charge is 0.282 e. The Hall–Kier alpha value is -4.13. The molecule has 0 atom stereocenters. The van der Waals surface area contributed by atoms with Crippen LogP contribution < -0.4 is 4.90 Å². The lowest BCUT2D eigenvalue weighted by atomic mass is 10.1. The van der Waals surface area contributed by atoms with Gasteiger partial charge in [-0.25, -0.2) is 9.38 Å². The Labute approximate surface area is 171 Å². The highest BCUT2D eigenvalue weighted by molar-refractivity contribution is 6.33. The Balaban J connectivity index is 1.86. The minimum absolute atomic E-state index is 0.0603. The van der Waals surface area contributed by atoms with Crippen LogP contribution in [-0.2, 0) is 4.79 Å². The highest BCUT2D eigenvalue weighted by Crippen LogP contribution is 2.30. The van der Waals surface area contributed by atoms with E-state index in [1.165, 1.54) is 41.3 Å². The molecule has 30 heavy (non-hydrogen) atoms. The molecule has 0 spiro atoms. The minimum Gasteiger partial charge on any atom is -0.266 e. The second kappa shape index (κ2) is 7.71. The predicted octanol–water partition coefficient (Wildman–Crippen LogP) is 4.88. The standard InChI is InChI=1S/C23H16FN3O3/c1-15-5-4-7-17(13-15)22-25-20(14-16-6-2-3-8-21(16)27(29)30)23(28)26(22)19-11-9-18(24)10-12-19/h2-14H,1H3/b20-14+. The average molecular weight is 401 g/mol. The lowest BCUT2D eigenvalue weighted by Crippen LogP contribution is -2.32. The molecule has 1 heterocycles. The highest BCUT2D eigenvalue weighted by atomic mass is 19.1. The van der Waals surface area contributed by atoms with Gasteiger partial charge in [-0.05, 0) is 49.4 Å². The van der Waals surface area contributed by atoms with Crippen molar-refractivity contribution in [1.82, 2.24) is 0 Å². The smallest absolute Gasteiger partial charge is 0.266 e. The summed E-state index contributed by atoms with van der Waals surface area (Å²) in [6, 6.07) is 19.1. The number of hydrogen-bond donors (Lipinski definition) is 0. The molecule has 3 aromatic carbocycles. The van der Waals surface area contributed by atoms with E-state index in [9.17, 15) is 19.3 Å². The lowest BCUT2D eigenvalue weighted by molar-refractivity contribution is -0.385. The fourth-order valence-corrected chi connectivity index (χ4v) is 3.25. The normalized spacial score (nSPS) is 14.9. The van der Waals surface area contributed by atoms with Gasteiger partial charge in [0, 0.05) is 11.6 Å². The molecule has 0 saturated heterocycles. The molecule has 6 nitrogen and oxygen atoms in total. The predicted molar refractivity (Wildman–Crippen MR) is 113 cm³/mol. The van der Waals surface area contributed by atoms with Crippen LogP contribution in [0.3, 0.4) is 0 Å². The summed E-state index contributed by atoms with van der Waals surface area (Å²) in [5.41, 5.74) is 2.36. The van der Waals surface area contributed by atoms with Gasteiger partial charge in [0.1, 0.15) is 17.3 Å². The van der Waals surface area contributed by atoms with Crippen LogP contribution in [0.15, 0.2) is 83.5 Å². The van der Waals surface area contributed by atoms with Gasteiger partial charge < -0.3 is 0 Å². The quantitative estimate of drug-likeness (QED) is 0.355. The summed E-state index contributed by atoms with van der Waals surface area (Å²) in [7, 11) is 0. The molecule has 4 rings (SSSR count). The molecule has 1 aliphatic heterocycles. The monoisotopic (exact) mass is 401 g/mol. The van der Waals surface area contributed by atoms with Gasteiger partial charge in [0.15, 0.2) is 0 Å². The molecular formula is C23H16FN3O3. The van der Waals surface area contributed by atoms with Gasteiger partial charge in [0.05, 0.1) is 16.2 Å². The zero-order valence-electron chi connectivity index (χ0n) is 15.9. The van der Waals surface area contributed by atoms with Crippen molar-refractivity contribution in [2.75, 3.05) is 4.90 Å². The summed E-state index contributed by atoms with van der Waals surface area (Å²) >= 11 is 0. The number of nitrogens with zero attached hydrogens (tertiary/aromatic N) is 3. The maximum Gasteiger partial charge on any atom is 0.282 e. The Kier molecular flexibility index (Phi) is 4.93. The summed E-state index contributed by atoms with van der Waals surface area (Å²) in [5.74, 6) is -0.494. The Morgan fingerprint density at radius 2 is 1.77 bits per heavy atom. The van der Waals surface area contributed by atoms with E-state index in [1.807, 2.05) is 31.2 Å². The van der Waals surface area contributed by atoms with E-state index in [0.717, 1.165) is 5.56 Å². The molecule has 0 unspecified atom stereocenters. The fraction of sp³-hybridized carbons (Fsp3) is 0.0435. The molecule has 0 saturated carbocycles. The second-order valence-corrected chi connectivity index (χ2v) is 6.77. The van der Waals surface area contributed by atoms with Crippen molar-refractivity contribution >= 4 is 29.2 Å². The van der Waals surface area contributed by atoms with Crippen molar-refractivity contribution in [3.05, 3.63) is 111 Å². The third kappa shape index (κ3) is 3.60. The van der Waals surface area contributed by atoms with E-state index < -0.39 is 16.6 Å². The Morgan fingerprint density at radius 3 is 2.47 bits per heavy atom. The van der Waals surface area contributed by atoms with Crippen LogP contribution in [-0.4, -0.2) is 16.7 Å². The SMILES string of the molecule is Cc1cccc(C2=N/C(=C/c3ccccc3[N+](=O)[O-])C(=O)N2c2ccc(F)cc2)c1. The summed E-state index contributed by atoms with van der Waals surface area (Å²) in [6.45, 7) is 1.92. The fourth-order valence-electron chi connectivity index (χ4n) is 3.25. The maximum absolute atomic E-state index is 13.4. The zero-order valence-corrected chi connectivity index (χ0v) is 15.9. The third-order valence-corrected chi connectivity index (χ3v) is 4.65. The number of hydrogen-bond acceptors (Lipinski definition) is 4. The van der Waals surface area contributed by atoms with Crippen molar-refractivity contribution in [3.8, 4) is 0 Å². The molecule has 7 heteroatoms. The second-order valence-electron chi connectivity index (χ2n) is 6.77. The molecule has 0 aliphatic carbocycles. The van der Waals surface area contributed by atoms with Crippen LogP contribution in [0.4, 0.5) is 15.8 Å². The van der Waals surface area contributed by atoms with Crippen molar-refractivity contribution in [2.45, 2.75) is 6.92 Å². The number of amides is 1. The summed E-state index contributed by atoms with van der Waals surface area (Å²) < 4.78 is 13.4. The number of anilines is 1. The molecule has 1 amide bonds. The van der Waals surface area contributed by atoms with Gasteiger partial charge in [-0.1, -0.05) is 35.9 Å². The highest BCUT2D eigenvalue weighted by Gasteiger charge is 2.33. The van der Waals surface area contributed by atoms with Crippen molar-refractivity contribution in [3.63, 3.8) is 0 Å². The molecular weight excluding hydrogens is 385 g/mol. The van der Waals surface area contributed by atoms with Crippen molar-refractivity contribution in [2.24, 2.45) is 4.99 Å². The first-order valence-corrected chi connectivity index (χ1v) is 9.15. The van der Waals surface area contributed by atoms with Crippen LogP contribution in [0, 0.1) is 22.9 Å². The number of carbonyl (C=O) groups is 1. The van der Waals surface area contributed by atoms with Gasteiger partial charge in [-0.2, -0.15) is 0 Å². The lowest BCUT2D eigenvalue weighted by Gasteiger charge is -2.18. The molecule has 0 fully saturated rings. The number of benzene rings is 3. The average Bonchev–Trinajstić information content (AvgIpc) is 3.05. The van der Waals surface area contributed by atoms with E-state index in [2.05, 4.69) is 4.99 Å². The first kappa shape index (κ1) is 19.2. The number of nitro groups is 1. The molecule has 0 radical (unpaired) electrons. The van der Waals surface area contributed by atoms with Gasteiger partial charge in [-0.3, -0.25) is 19.8 Å². The molecule has 0 bridgehead atoms. The van der Waals surface area contributed by atoms with Crippen molar-refractivity contribution in [1.29, 1.82) is 0 Å². The van der Waals surface area contributed by atoms with E-state index in [-0.39, 0.29) is 16.9 Å². The topological polar surface area (TPSA) is 75.8 Å². The molecule has 0 aromatic heterocycles. The number of aryl methyl sites for hydroxylation is 1. The van der Waals surface area contributed by atoms with Gasteiger partial charge in [0.25, 0.3) is 11.6 Å². The van der Waals surface area contributed by atoms with Crippen LogP contribution >= 0.6 is 0 Å². The van der Waals surface area contributed by atoms with Crippen LogP contribution in [0.5, 0.6) is 0 Å². The van der Waals surface area contributed by atoms with Crippen molar-refractivity contribution < 1.29 is 14.1 Å². The number of halogens is 1. The number of nitro benzene ring substituents is 1. The molecule has 1 aliphatic rings. The Morgan fingerprint density at radius 1 is 1.03 bits per heavy atom. The van der Waals surface area contributed by atoms with Crippen LogP contribution in [0.2, 0.25) is 0 Å². The Bertz CT molecular complexity index is 1220. The van der Waals surface area contributed by atoms with Gasteiger partial charge in [-0.15, -0.1) is 0 Å². The first-order valence-electron chi connectivity index (χ1n) is 9.15. The minimum atomic E-state index is -0.505. The summed E-state index contributed by atoms with van der Waals surface area (Å²) in [6.07, 6.45) is 1.40. The van der Waals surface area contributed by atoms with Gasteiger partial charge >= 0.3 is 0 Å². The van der Waals surface area contributed by atoms with Gasteiger partial charge in [0.2, 0.25) is 0 Å². The number of amidine groups is 1. The number of carbonyl (C=O) groups excluding carboxylic acids is 1. The van der Waals surface area contributed by atoms with Crippen LogP contribution in [0.25, 0.3) is 6.08 Å². The summed E-state index contributed by atoms with van der Waals surface area (Å²) in [4.78, 5) is 29.9. The number of aliphatic imine (C=N–C) groups is 1. The van der Waals surface area contributed by atoms with E-state index in [1.54, 1.807) is 18.2 Å². The zero-order chi connectivity index (χ0) is 21.3. The summed E-state index contributed by atoms with van der Waals surface area (Å²) in [5, 5.41) is 11.3.